The van der Waals surface area contributed by atoms with E-state index in [1.807, 2.05) is 0 Å². The molecule has 2 unspecified atom stereocenters. The molecule has 0 aromatic carbocycles. The molecular formula is C13H22N2O4. The van der Waals surface area contributed by atoms with Crippen molar-refractivity contribution in [3.05, 3.63) is 0 Å². The van der Waals surface area contributed by atoms with Gasteiger partial charge in [-0.05, 0) is 32.4 Å². The molecule has 6 heteroatoms. The zero-order valence-corrected chi connectivity index (χ0v) is 11.2. The molecule has 0 aromatic rings. The highest BCUT2D eigenvalue weighted by Crippen LogP contribution is 2.35. The highest BCUT2D eigenvalue weighted by Gasteiger charge is 2.42. The Bertz CT molecular complexity index is 325. The zero-order valence-electron chi connectivity index (χ0n) is 11.2. The van der Waals surface area contributed by atoms with Crippen LogP contribution in [0.2, 0.25) is 0 Å². The number of carbonyl (C=O) groups excluding carboxylic acids is 1. The first-order valence-corrected chi connectivity index (χ1v) is 7.15. The van der Waals surface area contributed by atoms with Crippen molar-refractivity contribution in [3.63, 3.8) is 0 Å². The van der Waals surface area contributed by atoms with E-state index in [9.17, 15) is 4.79 Å². The summed E-state index contributed by atoms with van der Waals surface area (Å²) in [6.07, 6.45) is 3.25. The van der Waals surface area contributed by atoms with Gasteiger partial charge >= 0.3 is 6.09 Å². The number of alkyl carbamates (subject to hydrolysis) is 1. The first-order valence-electron chi connectivity index (χ1n) is 7.15. The van der Waals surface area contributed by atoms with E-state index in [2.05, 4.69) is 10.6 Å². The van der Waals surface area contributed by atoms with Crippen molar-refractivity contribution in [2.45, 2.75) is 43.4 Å². The Balaban J connectivity index is 1.44. The molecule has 1 spiro atoms. The maximum absolute atomic E-state index is 11.8. The topological polar surface area (TPSA) is 68.8 Å². The Labute approximate surface area is 113 Å². The van der Waals surface area contributed by atoms with Gasteiger partial charge in [-0.3, -0.25) is 0 Å². The Kier molecular flexibility index (Phi) is 3.91. The van der Waals surface area contributed by atoms with Gasteiger partial charge < -0.3 is 24.8 Å². The molecule has 0 aliphatic carbocycles. The van der Waals surface area contributed by atoms with Crippen molar-refractivity contribution in [3.8, 4) is 0 Å². The highest BCUT2D eigenvalue weighted by molar-refractivity contribution is 5.67. The molecule has 3 rings (SSSR count). The second-order valence-corrected chi connectivity index (χ2v) is 5.68. The summed E-state index contributed by atoms with van der Waals surface area (Å²) in [5.41, 5.74) is -0.0628. The second-order valence-electron chi connectivity index (χ2n) is 5.68. The van der Waals surface area contributed by atoms with Gasteiger partial charge in [-0.1, -0.05) is 0 Å². The molecule has 19 heavy (non-hydrogen) atoms. The monoisotopic (exact) mass is 270 g/mol. The van der Waals surface area contributed by atoms with Crippen molar-refractivity contribution in [2.24, 2.45) is 0 Å². The van der Waals surface area contributed by atoms with Crippen LogP contribution >= 0.6 is 0 Å². The van der Waals surface area contributed by atoms with Crippen LogP contribution in [-0.4, -0.2) is 56.8 Å². The summed E-state index contributed by atoms with van der Waals surface area (Å²) >= 11 is 0. The normalized spacial score (nSPS) is 33.5. The van der Waals surface area contributed by atoms with Crippen LogP contribution in [0.5, 0.6) is 0 Å². The van der Waals surface area contributed by atoms with Crippen LogP contribution in [0.4, 0.5) is 4.79 Å². The van der Waals surface area contributed by atoms with Gasteiger partial charge in [0.05, 0.1) is 24.9 Å². The summed E-state index contributed by atoms with van der Waals surface area (Å²) < 4.78 is 16.6. The first kappa shape index (κ1) is 13.1. The summed E-state index contributed by atoms with van der Waals surface area (Å²) in [4.78, 5) is 11.8. The molecule has 1 amide bonds. The van der Waals surface area contributed by atoms with Crippen LogP contribution in [0, 0.1) is 0 Å². The smallest absolute Gasteiger partial charge is 0.407 e. The molecule has 0 saturated carbocycles. The largest absolute Gasteiger partial charge is 0.444 e. The first-order chi connectivity index (χ1) is 9.26. The number of nitrogens with one attached hydrogen (secondary N) is 2. The quantitative estimate of drug-likeness (QED) is 0.761. The average Bonchev–Trinajstić information content (AvgIpc) is 3.02. The van der Waals surface area contributed by atoms with E-state index in [0.717, 1.165) is 38.8 Å². The summed E-state index contributed by atoms with van der Waals surface area (Å²) in [5, 5.41) is 6.17. The number of piperidine rings is 1. The van der Waals surface area contributed by atoms with Gasteiger partial charge in [0.1, 0.15) is 6.10 Å². The number of rotatable bonds is 2. The van der Waals surface area contributed by atoms with Gasteiger partial charge in [0.15, 0.2) is 0 Å². The van der Waals surface area contributed by atoms with Gasteiger partial charge in [-0.25, -0.2) is 4.79 Å². The molecule has 3 saturated heterocycles. The number of ether oxygens (including phenoxy) is 3. The lowest BCUT2D eigenvalue weighted by Crippen LogP contribution is -2.42. The molecular weight excluding hydrogens is 248 g/mol. The van der Waals surface area contributed by atoms with Crippen molar-refractivity contribution in [1.82, 2.24) is 10.6 Å². The fourth-order valence-electron chi connectivity index (χ4n) is 3.11. The molecule has 3 aliphatic rings. The molecule has 0 radical (unpaired) electrons. The lowest BCUT2D eigenvalue weighted by Gasteiger charge is -2.32. The van der Waals surface area contributed by atoms with Gasteiger partial charge in [0, 0.05) is 13.0 Å². The van der Waals surface area contributed by atoms with Crippen LogP contribution in [-0.2, 0) is 14.2 Å². The lowest BCUT2D eigenvalue weighted by atomic mass is 9.89. The van der Waals surface area contributed by atoms with Gasteiger partial charge in [0.2, 0.25) is 0 Å². The van der Waals surface area contributed by atoms with Crippen LogP contribution in [0.15, 0.2) is 0 Å². The Hall–Kier alpha value is -0.850. The molecule has 108 valence electrons. The van der Waals surface area contributed by atoms with Gasteiger partial charge in [-0.2, -0.15) is 0 Å². The minimum atomic E-state index is -0.338. The number of hydrogen-bond donors (Lipinski definition) is 2. The molecule has 2 N–H and O–H groups in total. The number of carbonyl (C=O) groups is 1. The van der Waals surface area contributed by atoms with Crippen LogP contribution < -0.4 is 10.6 Å². The standard InChI is InChI=1S/C13H22N2O4/c16-12(15-10-1-6-17-8-10)19-11-7-13(18-9-11)2-4-14-5-3-13/h10-11,14H,1-9H2,(H,15,16). The van der Waals surface area contributed by atoms with E-state index in [-0.39, 0.29) is 23.8 Å². The van der Waals surface area contributed by atoms with E-state index in [4.69, 9.17) is 14.2 Å². The fraction of sp³-hybridized carbons (Fsp3) is 0.923. The Morgan fingerprint density at radius 2 is 2.16 bits per heavy atom. The minimum Gasteiger partial charge on any atom is -0.444 e. The van der Waals surface area contributed by atoms with Crippen molar-refractivity contribution in [1.29, 1.82) is 0 Å². The minimum absolute atomic E-state index is 0.0628. The van der Waals surface area contributed by atoms with Gasteiger partial charge in [0.25, 0.3) is 0 Å². The molecule has 0 bridgehead atoms. The van der Waals surface area contributed by atoms with Crippen LogP contribution in [0.1, 0.15) is 25.7 Å². The van der Waals surface area contributed by atoms with Gasteiger partial charge in [-0.15, -0.1) is 0 Å². The Morgan fingerprint density at radius 3 is 2.89 bits per heavy atom. The summed E-state index contributed by atoms with van der Waals surface area (Å²) in [6.45, 7) is 3.80. The SMILES string of the molecule is O=C(NC1CCOC1)OC1COC2(CCNCC2)C1. The zero-order chi connectivity index (χ0) is 13.1. The fourth-order valence-corrected chi connectivity index (χ4v) is 3.11. The van der Waals surface area contributed by atoms with Crippen molar-refractivity contribution >= 4 is 6.09 Å². The molecule has 2 atom stereocenters. The summed E-state index contributed by atoms with van der Waals surface area (Å²) in [6, 6.07) is 0.0997. The molecule has 3 fully saturated rings. The third-order valence-corrected chi connectivity index (χ3v) is 4.22. The second kappa shape index (κ2) is 5.64. The number of amides is 1. The maximum atomic E-state index is 11.8. The van der Waals surface area contributed by atoms with E-state index >= 15 is 0 Å². The maximum Gasteiger partial charge on any atom is 0.407 e. The van der Waals surface area contributed by atoms with Crippen molar-refractivity contribution < 1.29 is 19.0 Å². The summed E-state index contributed by atoms with van der Waals surface area (Å²) in [5.74, 6) is 0. The van der Waals surface area contributed by atoms with E-state index in [1.54, 1.807) is 0 Å². The number of hydrogen-bond acceptors (Lipinski definition) is 5. The van der Waals surface area contributed by atoms with E-state index in [1.165, 1.54) is 0 Å². The summed E-state index contributed by atoms with van der Waals surface area (Å²) in [7, 11) is 0. The predicted molar refractivity (Wildman–Crippen MR) is 68.0 cm³/mol. The third-order valence-electron chi connectivity index (χ3n) is 4.22. The highest BCUT2D eigenvalue weighted by atomic mass is 16.6. The Morgan fingerprint density at radius 1 is 1.32 bits per heavy atom. The third kappa shape index (κ3) is 3.19. The predicted octanol–water partition coefficient (Wildman–Crippen LogP) is 0.413. The lowest BCUT2D eigenvalue weighted by molar-refractivity contribution is -0.0213. The van der Waals surface area contributed by atoms with Crippen LogP contribution in [0.25, 0.3) is 0 Å². The average molecular weight is 270 g/mol. The van der Waals surface area contributed by atoms with Crippen molar-refractivity contribution in [2.75, 3.05) is 32.9 Å². The molecule has 0 aromatic heterocycles. The molecule has 3 aliphatic heterocycles. The van der Waals surface area contributed by atoms with E-state index in [0.29, 0.717) is 19.8 Å². The van der Waals surface area contributed by atoms with E-state index < -0.39 is 0 Å². The molecule has 6 nitrogen and oxygen atoms in total. The molecule has 3 heterocycles. The van der Waals surface area contributed by atoms with Crippen LogP contribution in [0.3, 0.4) is 0 Å².